The number of esters is 1. The van der Waals surface area contributed by atoms with Gasteiger partial charge in [-0.25, -0.2) is 9.79 Å². The number of rotatable bonds is 2. The zero-order chi connectivity index (χ0) is 11.5. The molecule has 0 bridgehead atoms. The topological polar surface area (TPSA) is 50.7 Å². The van der Waals surface area contributed by atoms with Gasteiger partial charge >= 0.3 is 5.97 Å². The molecule has 0 aromatic carbocycles. The summed E-state index contributed by atoms with van der Waals surface area (Å²) in [5, 5.41) is 3.31. The third-order valence-electron chi connectivity index (χ3n) is 2.72. The van der Waals surface area contributed by atoms with Crippen molar-refractivity contribution in [2.75, 3.05) is 19.7 Å². The molecule has 2 rings (SSSR count). The first-order valence-electron chi connectivity index (χ1n) is 5.59. The van der Waals surface area contributed by atoms with E-state index in [9.17, 15) is 4.79 Å². The summed E-state index contributed by atoms with van der Waals surface area (Å²) in [6.45, 7) is 6.02. The van der Waals surface area contributed by atoms with Gasteiger partial charge in [0, 0.05) is 25.2 Å². The highest BCUT2D eigenvalue weighted by Crippen LogP contribution is 2.23. The average molecular weight is 220 g/mol. The molecule has 0 aromatic rings. The molecule has 0 aromatic heterocycles. The van der Waals surface area contributed by atoms with Gasteiger partial charge in [-0.1, -0.05) is 5.57 Å². The maximum Gasteiger partial charge on any atom is 0.356 e. The molecule has 4 nitrogen and oxygen atoms in total. The monoisotopic (exact) mass is 220 g/mol. The van der Waals surface area contributed by atoms with Crippen LogP contribution in [0.1, 0.15) is 20.3 Å². The summed E-state index contributed by atoms with van der Waals surface area (Å²) in [6, 6.07) is 0. The SMILES string of the molecule is CCOC(=O)C1=CC2=C(C)CNCCC2=N1. The molecule has 16 heavy (non-hydrogen) atoms. The Morgan fingerprint density at radius 1 is 1.62 bits per heavy atom. The molecule has 0 saturated carbocycles. The van der Waals surface area contributed by atoms with Crippen molar-refractivity contribution in [2.45, 2.75) is 20.3 Å². The summed E-state index contributed by atoms with van der Waals surface area (Å²) in [4.78, 5) is 15.9. The Labute approximate surface area is 95.1 Å². The molecule has 0 aliphatic carbocycles. The highest BCUT2D eigenvalue weighted by Gasteiger charge is 2.23. The number of aliphatic imine (C=N–C) groups is 1. The van der Waals surface area contributed by atoms with Crippen LogP contribution in [0.2, 0.25) is 0 Å². The van der Waals surface area contributed by atoms with Crippen LogP contribution >= 0.6 is 0 Å². The predicted molar refractivity (Wildman–Crippen MR) is 62.3 cm³/mol. The molecule has 0 amide bonds. The van der Waals surface area contributed by atoms with Crippen molar-refractivity contribution in [2.24, 2.45) is 4.99 Å². The second-order valence-corrected chi connectivity index (χ2v) is 3.93. The summed E-state index contributed by atoms with van der Waals surface area (Å²) < 4.78 is 4.95. The van der Waals surface area contributed by atoms with E-state index >= 15 is 0 Å². The number of nitrogens with zero attached hydrogens (tertiary/aromatic N) is 1. The van der Waals surface area contributed by atoms with Crippen LogP contribution in [-0.4, -0.2) is 31.4 Å². The molecule has 2 aliphatic heterocycles. The molecule has 0 spiro atoms. The third-order valence-corrected chi connectivity index (χ3v) is 2.72. The Balaban J connectivity index is 2.26. The minimum absolute atomic E-state index is 0.323. The first-order chi connectivity index (χ1) is 7.72. The molecule has 2 heterocycles. The highest BCUT2D eigenvalue weighted by molar-refractivity contribution is 6.10. The summed E-state index contributed by atoms with van der Waals surface area (Å²) in [5.41, 5.74) is 3.78. The van der Waals surface area contributed by atoms with Gasteiger partial charge in [0.15, 0.2) is 0 Å². The van der Waals surface area contributed by atoms with Gasteiger partial charge in [-0.05, 0) is 25.5 Å². The molecular weight excluding hydrogens is 204 g/mol. The summed E-state index contributed by atoms with van der Waals surface area (Å²) in [7, 11) is 0. The van der Waals surface area contributed by atoms with Crippen molar-refractivity contribution in [3.05, 3.63) is 22.9 Å². The maximum atomic E-state index is 11.5. The van der Waals surface area contributed by atoms with Crippen LogP contribution in [0.4, 0.5) is 0 Å². The molecule has 1 N–H and O–H groups in total. The standard InChI is InChI=1S/C12H16N2O2/c1-3-16-12(15)11-6-9-8(2)7-13-5-4-10(9)14-11/h6,13H,3-5,7H2,1-2H3. The highest BCUT2D eigenvalue weighted by atomic mass is 16.5. The predicted octanol–water partition coefficient (Wildman–Crippen LogP) is 1.20. The van der Waals surface area contributed by atoms with Gasteiger partial charge in [-0.3, -0.25) is 0 Å². The van der Waals surface area contributed by atoms with Crippen molar-refractivity contribution < 1.29 is 9.53 Å². The molecule has 0 saturated heterocycles. The van der Waals surface area contributed by atoms with Crippen LogP contribution in [0.3, 0.4) is 0 Å². The average Bonchev–Trinajstić information content (AvgIpc) is 2.62. The first-order valence-corrected chi connectivity index (χ1v) is 5.59. The lowest BCUT2D eigenvalue weighted by molar-refractivity contribution is -0.138. The maximum absolute atomic E-state index is 11.5. The number of hydrogen-bond acceptors (Lipinski definition) is 4. The van der Waals surface area contributed by atoms with Crippen molar-refractivity contribution in [3.63, 3.8) is 0 Å². The molecule has 0 fully saturated rings. The van der Waals surface area contributed by atoms with E-state index in [-0.39, 0.29) is 5.97 Å². The first kappa shape index (κ1) is 11.1. The minimum atomic E-state index is -0.323. The Morgan fingerprint density at radius 2 is 2.44 bits per heavy atom. The largest absolute Gasteiger partial charge is 0.461 e. The molecular formula is C12H16N2O2. The fraction of sp³-hybridized carbons (Fsp3) is 0.500. The molecule has 86 valence electrons. The Morgan fingerprint density at radius 3 is 3.19 bits per heavy atom. The van der Waals surface area contributed by atoms with Gasteiger partial charge in [0.1, 0.15) is 5.70 Å². The number of allylic oxidation sites excluding steroid dienone is 2. The van der Waals surface area contributed by atoms with Crippen molar-refractivity contribution in [1.82, 2.24) is 5.32 Å². The number of nitrogens with one attached hydrogen (secondary N) is 1. The number of carbonyl (C=O) groups excluding carboxylic acids is 1. The third kappa shape index (κ3) is 2.07. The number of hydrogen-bond donors (Lipinski definition) is 1. The van der Waals surface area contributed by atoms with E-state index in [0.29, 0.717) is 12.3 Å². The van der Waals surface area contributed by atoms with Gasteiger partial charge < -0.3 is 10.1 Å². The Kier molecular flexibility index (Phi) is 3.19. The lowest BCUT2D eigenvalue weighted by Crippen LogP contribution is -2.16. The number of carbonyl (C=O) groups is 1. The van der Waals surface area contributed by atoms with Crippen molar-refractivity contribution >= 4 is 11.7 Å². The molecule has 0 unspecified atom stereocenters. The second kappa shape index (κ2) is 4.61. The van der Waals surface area contributed by atoms with E-state index in [4.69, 9.17) is 4.74 Å². The van der Waals surface area contributed by atoms with Crippen molar-refractivity contribution in [1.29, 1.82) is 0 Å². The van der Waals surface area contributed by atoms with Crippen LogP contribution < -0.4 is 5.32 Å². The van der Waals surface area contributed by atoms with E-state index < -0.39 is 0 Å². The quantitative estimate of drug-likeness (QED) is 0.711. The zero-order valence-corrected chi connectivity index (χ0v) is 9.67. The Bertz CT molecular complexity index is 405. The van der Waals surface area contributed by atoms with Gasteiger partial charge in [0.25, 0.3) is 0 Å². The van der Waals surface area contributed by atoms with Crippen LogP contribution in [-0.2, 0) is 9.53 Å². The Hall–Kier alpha value is -1.42. The summed E-state index contributed by atoms with van der Waals surface area (Å²) in [5.74, 6) is -0.323. The fourth-order valence-electron chi connectivity index (χ4n) is 1.91. The van der Waals surface area contributed by atoms with Gasteiger partial charge in [-0.2, -0.15) is 0 Å². The smallest absolute Gasteiger partial charge is 0.356 e. The van der Waals surface area contributed by atoms with Gasteiger partial charge in [0.2, 0.25) is 0 Å². The lowest BCUT2D eigenvalue weighted by Gasteiger charge is -2.00. The lowest BCUT2D eigenvalue weighted by atomic mass is 10.0. The van der Waals surface area contributed by atoms with Crippen LogP contribution in [0, 0.1) is 0 Å². The summed E-state index contributed by atoms with van der Waals surface area (Å²) in [6.07, 6.45) is 2.71. The van der Waals surface area contributed by atoms with E-state index in [2.05, 4.69) is 17.2 Å². The fourth-order valence-corrected chi connectivity index (χ4v) is 1.91. The molecule has 0 atom stereocenters. The second-order valence-electron chi connectivity index (χ2n) is 3.93. The van der Waals surface area contributed by atoms with Gasteiger partial charge in [0.05, 0.1) is 6.61 Å². The number of ether oxygens (including phenoxy) is 1. The van der Waals surface area contributed by atoms with Crippen LogP contribution in [0.5, 0.6) is 0 Å². The van der Waals surface area contributed by atoms with Crippen molar-refractivity contribution in [3.8, 4) is 0 Å². The van der Waals surface area contributed by atoms with E-state index in [0.717, 1.165) is 30.8 Å². The molecule has 4 heteroatoms. The van der Waals surface area contributed by atoms with E-state index in [1.54, 1.807) is 6.92 Å². The minimum Gasteiger partial charge on any atom is -0.461 e. The summed E-state index contributed by atoms with van der Waals surface area (Å²) >= 11 is 0. The normalized spacial score (nSPS) is 19.9. The number of fused-ring (bicyclic) bond motifs is 1. The zero-order valence-electron chi connectivity index (χ0n) is 9.67. The van der Waals surface area contributed by atoms with Crippen LogP contribution in [0.15, 0.2) is 27.9 Å². The molecule has 2 aliphatic rings. The molecule has 0 radical (unpaired) electrons. The van der Waals surface area contributed by atoms with E-state index in [1.807, 2.05) is 6.08 Å². The van der Waals surface area contributed by atoms with Gasteiger partial charge in [-0.15, -0.1) is 0 Å². The van der Waals surface area contributed by atoms with Crippen LogP contribution in [0.25, 0.3) is 0 Å². The van der Waals surface area contributed by atoms with E-state index in [1.165, 1.54) is 5.57 Å².